The summed E-state index contributed by atoms with van der Waals surface area (Å²) in [5, 5.41) is 12.1. The first-order valence-corrected chi connectivity index (χ1v) is 11.6. The summed E-state index contributed by atoms with van der Waals surface area (Å²) in [6.45, 7) is 4.42. The number of hydrogen-bond donors (Lipinski definition) is 1. The van der Waals surface area contributed by atoms with Gasteiger partial charge in [0, 0.05) is 56.3 Å². The Morgan fingerprint density at radius 1 is 1.17 bits per heavy atom. The first-order chi connectivity index (χ1) is 16.8. The van der Waals surface area contributed by atoms with Gasteiger partial charge in [-0.1, -0.05) is 18.2 Å². The van der Waals surface area contributed by atoms with Crippen molar-refractivity contribution in [1.29, 1.82) is 0 Å². The van der Waals surface area contributed by atoms with Crippen LogP contribution in [0.25, 0.3) is 10.9 Å². The van der Waals surface area contributed by atoms with Crippen LogP contribution in [0.15, 0.2) is 42.6 Å². The van der Waals surface area contributed by atoms with E-state index in [4.69, 9.17) is 4.74 Å². The zero-order valence-electron chi connectivity index (χ0n) is 19.3. The number of rotatable bonds is 6. The second kappa shape index (κ2) is 9.33. The van der Waals surface area contributed by atoms with Crippen molar-refractivity contribution >= 4 is 28.2 Å². The van der Waals surface area contributed by atoms with Gasteiger partial charge in [0.1, 0.15) is 5.82 Å². The van der Waals surface area contributed by atoms with Gasteiger partial charge in [0.05, 0.1) is 42.1 Å². The molecule has 2 fully saturated rings. The Kier molecular flexibility index (Phi) is 6.22. The maximum absolute atomic E-state index is 14.7. The number of piperazine rings is 1. The van der Waals surface area contributed by atoms with Gasteiger partial charge in [-0.05, 0) is 18.2 Å². The van der Waals surface area contributed by atoms with Gasteiger partial charge in [-0.25, -0.2) is 13.2 Å². The quantitative estimate of drug-likeness (QED) is 0.573. The van der Waals surface area contributed by atoms with Crippen LogP contribution in [0.1, 0.15) is 18.1 Å². The summed E-state index contributed by atoms with van der Waals surface area (Å²) in [6.07, 6.45) is 1.54. The van der Waals surface area contributed by atoms with E-state index in [1.807, 2.05) is 23.1 Å². The van der Waals surface area contributed by atoms with E-state index in [9.17, 15) is 18.0 Å². The minimum absolute atomic E-state index is 0.0106. The maximum Gasteiger partial charge on any atom is 0.273 e. The molecule has 0 bridgehead atoms. The lowest BCUT2D eigenvalue weighted by Crippen LogP contribution is -2.53. The van der Waals surface area contributed by atoms with Crippen LogP contribution in [0.5, 0.6) is 0 Å². The molecule has 0 spiro atoms. The Labute approximate surface area is 200 Å². The zero-order chi connectivity index (χ0) is 24.6. The number of nitrogens with one attached hydrogen (secondary N) is 1. The minimum Gasteiger partial charge on any atom is -0.380 e. The standard InChI is InChI=1S/C25H26F3N5O2/c1-25(27,28)20-4-2-3-16(23(20)26)12-29-22-13-30-31-21-6-5-18(11-19(21)22)32-7-9-33(10-8-32)24(34)17-14-35-15-17/h2-6,11,13,17H,7-10,12,14-15H2,1H3,(H,29,31). The Morgan fingerprint density at radius 2 is 1.94 bits per heavy atom. The second-order valence-electron chi connectivity index (χ2n) is 9.03. The molecule has 0 aliphatic carbocycles. The van der Waals surface area contributed by atoms with Crippen LogP contribution < -0.4 is 10.2 Å². The molecule has 0 atom stereocenters. The fourth-order valence-corrected chi connectivity index (χ4v) is 4.45. The largest absolute Gasteiger partial charge is 0.380 e. The van der Waals surface area contributed by atoms with Crippen molar-refractivity contribution in [3.8, 4) is 0 Å². The molecule has 184 valence electrons. The highest BCUT2D eigenvalue weighted by Gasteiger charge is 2.32. The SMILES string of the molecule is CC(F)(F)c1cccc(CNc2cnnc3ccc(N4CCN(C(=O)C5COC5)CC4)cc23)c1F. The summed E-state index contributed by atoms with van der Waals surface area (Å²) >= 11 is 0. The van der Waals surface area contributed by atoms with E-state index in [2.05, 4.69) is 20.4 Å². The van der Waals surface area contributed by atoms with Crippen molar-refractivity contribution in [2.75, 3.05) is 49.6 Å². The van der Waals surface area contributed by atoms with Crippen LogP contribution in [0.4, 0.5) is 24.5 Å². The van der Waals surface area contributed by atoms with Crippen molar-refractivity contribution < 1.29 is 22.7 Å². The highest BCUT2D eigenvalue weighted by molar-refractivity contribution is 5.93. The molecule has 3 heterocycles. The smallest absolute Gasteiger partial charge is 0.273 e. The Balaban J connectivity index is 1.32. The molecule has 5 rings (SSSR count). The van der Waals surface area contributed by atoms with E-state index >= 15 is 0 Å². The second-order valence-corrected chi connectivity index (χ2v) is 9.03. The number of carbonyl (C=O) groups is 1. The van der Waals surface area contributed by atoms with E-state index in [-0.39, 0.29) is 23.9 Å². The zero-order valence-corrected chi connectivity index (χ0v) is 19.3. The first kappa shape index (κ1) is 23.3. The summed E-state index contributed by atoms with van der Waals surface area (Å²) in [5.41, 5.74) is 1.78. The van der Waals surface area contributed by atoms with Crippen LogP contribution in [-0.2, 0) is 22.0 Å². The minimum atomic E-state index is -3.26. The third kappa shape index (κ3) is 4.75. The van der Waals surface area contributed by atoms with Gasteiger partial charge in [0.25, 0.3) is 5.92 Å². The molecule has 10 heteroatoms. The van der Waals surface area contributed by atoms with Crippen LogP contribution in [-0.4, -0.2) is 60.4 Å². The van der Waals surface area contributed by atoms with Gasteiger partial charge >= 0.3 is 0 Å². The third-order valence-electron chi connectivity index (χ3n) is 6.59. The fraction of sp³-hybridized carbons (Fsp3) is 0.400. The molecule has 7 nitrogen and oxygen atoms in total. The van der Waals surface area contributed by atoms with E-state index < -0.39 is 17.3 Å². The maximum atomic E-state index is 14.7. The molecule has 0 radical (unpaired) electrons. The van der Waals surface area contributed by atoms with Crippen molar-refractivity contribution in [1.82, 2.24) is 15.1 Å². The average Bonchev–Trinajstić information content (AvgIpc) is 2.81. The number of fused-ring (bicyclic) bond motifs is 1. The first-order valence-electron chi connectivity index (χ1n) is 11.6. The summed E-state index contributed by atoms with van der Waals surface area (Å²) < 4.78 is 47.2. The average molecular weight is 486 g/mol. The van der Waals surface area contributed by atoms with E-state index in [0.717, 1.165) is 17.1 Å². The fourth-order valence-electron chi connectivity index (χ4n) is 4.45. The Hall–Kier alpha value is -3.40. The molecule has 2 aliphatic heterocycles. The van der Waals surface area contributed by atoms with E-state index in [1.165, 1.54) is 12.1 Å². The third-order valence-corrected chi connectivity index (χ3v) is 6.59. The number of anilines is 2. The number of amides is 1. The molecule has 3 aromatic rings. The van der Waals surface area contributed by atoms with Crippen LogP contribution in [0, 0.1) is 11.7 Å². The van der Waals surface area contributed by atoms with Crippen LogP contribution in [0.2, 0.25) is 0 Å². The summed E-state index contributed by atoms with van der Waals surface area (Å²) in [5.74, 6) is -4.03. The summed E-state index contributed by atoms with van der Waals surface area (Å²) in [7, 11) is 0. The number of halogens is 3. The number of ether oxygens (including phenoxy) is 1. The van der Waals surface area contributed by atoms with E-state index in [1.54, 1.807) is 6.20 Å². The van der Waals surface area contributed by atoms with Crippen molar-refractivity contribution in [2.24, 2.45) is 5.92 Å². The topological polar surface area (TPSA) is 70.6 Å². The summed E-state index contributed by atoms with van der Waals surface area (Å²) in [6, 6.07) is 9.82. The molecule has 1 amide bonds. The molecule has 0 unspecified atom stereocenters. The normalized spacial score (nSPS) is 16.9. The van der Waals surface area contributed by atoms with E-state index in [0.29, 0.717) is 57.5 Å². The lowest BCUT2D eigenvalue weighted by atomic mass is 10.0. The van der Waals surface area contributed by atoms with Crippen LogP contribution >= 0.6 is 0 Å². The molecule has 2 saturated heterocycles. The molecular weight excluding hydrogens is 459 g/mol. The van der Waals surface area contributed by atoms with Gasteiger partial charge in [0.15, 0.2) is 0 Å². The van der Waals surface area contributed by atoms with Crippen LogP contribution in [0.3, 0.4) is 0 Å². The predicted octanol–water partition coefficient (Wildman–Crippen LogP) is 3.79. The number of hydrogen-bond acceptors (Lipinski definition) is 6. The number of benzene rings is 2. The summed E-state index contributed by atoms with van der Waals surface area (Å²) in [4.78, 5) is 16.6. The molecule has 2 aromatic carbocycles. The Bertz CT molecular complexity index is 1240. The van der Waals surface area contributed by atoms with Gasteiger partial charge in [-0.3, -0.25) is 4.79 Å². The van der Waals surface area contributed by atoms with Gasteiger partial charge in [-0.15, -0.1) is 0 Å². The highest BCUT2D eigenvalue weighted by atomic mass is 19.3. The molecule has 0 saturated carbocycles. The number of alkyl halides is 2. The number of nitrogens with zero attached hydrogens (tertiary/aromatic N) is 4. The highest BCUT2D eigenvalue weighted by Crippen LogP contribution is 2.31. The molecule has 35 heavy (non-hydrogen) atoms. The Morgan fingerprint density at radius 3 is 2.63 bits per heavy atom. The van der Waals surface area contributed by atoms with Crippen molar-refractivity contribution in [2.45, 2.75) is 19.4 Å². The lowest BCUT2D eigenvalue weighted by Gasteiger charge is -2.39. The monoisotopic (exact) mass is 485 g/mol. The molecule has 1 aromatic heterocycles. The van der Waals surface area contributed by atoms with Gasteiger partial charge in [-0.2, -0.15) is 10.2 Å². The van der Waals surface area contributed by atoms with Gasteiger partial charge in [0.2, 0.25) is 5.91 Å². The molecule has 2 aliphatic rings. The van der Waals surface area contributed by atoms with Gasteiger partial charge < -0.3 is 19.9 Å². The molecule has 1 N–H and O–H groups in total. The predicted molar refractivity (Wildman–Crippen MR) is 126 cm³/mol. The number of carbonyl (C=O) groups excluding carboxylic acids is 1. The van der Waals surface area contributed by atoms with Crippen molar-refractivity contribution in [3.63, 3.8) is 0 Å². The molecular formula is C25H26F3N5O2. The number of aromatic nitrogens is 2. The lowest BCUT2D eigenvalue weighted by molar-refractivity contribution is -0.150. The van der Waals surface area contributed by atoms with Crippen molar-refractivity contribution in [3.05, 3.63) is 59.5 Å².